The number of rotatable bonds is 3. The van der Waals surface area contributed by atoms with E-state index in [4.69, 9.17) is 29.9 Å². The second-order valence-electron chi connectivity index (χ2n) is 14.0. The molecule has 9 heterocycles. The van der Waals surface area contributed by atoms with Crippen molar-refractivity contribution in [1.29, 1.82) is 0 Å². The lowest BCUT2D eigenvalue weighted by molar-refractivity contribution is 0.0696. The number of aromatic nitrogens is 6. The normalized spacial score (nSPS) is 16.6. The molecule has 6 aromatic heterocycles. The Kier molecular flexibility index (Phi) is 8.90. The van der Waals surface area contributed by atoms with Crippen LogP contribution in [0.5, 0.6) is 0 Å². The van der Waals surface area contributed by atoms with Crippen molar-refractivity contribution in [2.75, 3.05) is 0 Å². The van der Waals surface area contributed by atoms with Crippen molar-refractivity contribution < 1.29 is 14.7 Å². The van der Waals surface area contributed by atoms with Crippen LogP contribution in [0.1, 0.15) is 68.7 Å². The van der Waals surface area contributed by atoms with E-state index in [0.717, 1.165) is 51.2 Å². The maximum Gasteiger partial charge on any atom is 0.335 e. The minimum atomic E-state index is -1.07. The summed E-state index contributed by atoms with van der Waals surface area (Å²) < 4.78 is 0. The van der Waals surface area contributed by atoms with Gasteiger partial charge >= 0.3 is 5.97 Å². The summed E-state index contributed by atoms with van der Waals surface area (Å²) in [6, 6.07) is 30.8. The Morgan fingerprint density at radius 3 is 1.46 bits per heavy atom. The molecule has 52 heavy (non-hydrogen) atoms. The van der Waals surface area contributed by atoms with Crippen LogP contribution in [0.4, 0.5) is 0 Å². The van der Waals surface area contributed by atoms with Crippen LogP contribution in [-0.4, -0.2) is 51.7 Å². The molecule has 0 spiro atoms. The number of carbonyl (C=O) groups is 2. The van der Waals surface area contributed by atoms with Gasteiger partial charge in [-0.3, -0.25) is 24.6 Å². The lowest BCUT2D eigenvalue weighted by atomic mass is 9.90. The first-order valence-electron chi connectivity index (χ1n) is 17.6. The largest absolute Gasteiger partial charge is 0.478 e. The van der Waals surface area contributed by atoms with Crippen LogP contribution in [0.2, 0.25) is 0 Å². The van der Waals surface area contributed by atoms with E-state index >= 15 is 0 Å². The maximum atomic E-state index is 13.5. The van der Waals surface area contributed by atoms with E-state index in [-0.39, 0.29) is 23.2 Å². The van der Waals surface area contributed by atoms with Crippen molar-refractivity contribution in [1.82, 2.24) is 34.8 Å². The van der Waals surface area contributed by atoms with Gasteiger partial charge in [0.05, 0.1) is 56.8 Å². The number of pyridine rings is 6. The summed E-state index contributed by atoms with van der Waals surface area (Å²) in [5.41, 5.74) is 9.35. The van der Waals surface area contributed by atoms with Crippen LogP contribution < -0.4 is 0 Å². The lowest BCUT2D eigenvalue weighted by Crippen LogP contribution is -2.24. The van der Waals surface area contributed by atoms with E-state index in [2.05, 4.69) is 4.90 Å². The molecule has 0 radical (unpaired) electrons. The van der Waals surface area contributed by atoms with Gasteiger partial charge in [0.2, 0.25) is 0 Å². The molecule has 0 unspecified atom stereocenters. The Morgan fingerprint density at radius 2 is 0.942 bits per heavy atom. The molecule has 258 valence electrons. The smallest absolute Gasteiger partial charge is 0.335 e. The summed E-state index contributed by atoms with van der Waals surface area (Å²) in [4.78, 5) is 58.6. The number of ketones is 1. The summed E-state index contributed by atoms with van der Waals surface area (Å²) in [5.74, 6) is -1.33. The number of carbonyl (C=O) groups excluding carboxylic acids is 1. The lowest BCUT2D eigenvalue weighted by Gasteiger charge is -2.23. The Hall–Kier alpha value is -6.00. The molecule has 1 N–H and O–H groups in total. The van der Waals surface area contributed by atoms with Gasteiger partial charge in [-0.05, 0) is 98.0 Å². The van der Waals surface area contributed by atoms with Crippen LogP contribution in [0.25, 0.3) is 34.2 Å². The first kappa shape index (κ1) is 33.2. The topological polar surface area (TPSA) is 135 Å². The number of hydrogen-bond donors (Lipinski definition) is 1. The summed E-state index contributed by atoms with van der Waals surface area (Å²) in [6.45, 7) is 4.92. The molecule has 0 saturated carbocycles. The summed E-state index contributed by atoms with van der Waals surface area (Å²) >= 11 is 0. The van der Waals surface area contributed by atoms with Gasteiger partial charge in [-0.15, -0.1) is 0 Å². The van der Waals surface area contributed by atoms with Gasteiger partial charge in [-0.1, -0.05) is 38.1 Å². The highest BCUT2D eigenvalue weighted by Gasteiger charge is 2.22. The van der Waals surface area contributed by atoms with Crippen LogP contribution in [-0.2, 0) is 38.9 Å². The molecule has 0 aromatic carbocycles. The van der Waals surface area contributed by atoms with E-state index in [9.17, 15) is 14.7 Å². The molecule has 6 aromatic rings. The molecule has 0 fully saturated rings. The number of nitrogens with zero attached hydrogens (tertiary/aromatic N) is 7. The standard InChI is InChI=1S/C42H37N7O3/c1-25(2)41(50)27-18-33-17-26-15-29-7-3-11-35(43-29)37-13-5-9-31(45-37)22-49(24-34-19-28(42(51)52)21-40(48-34)39(20-27)47-33)23-32-10-6-14-38(46-32)36-12-4-8-30(16-26)44-36/h3-14,18-21,25-26H,15-17,22-24H2,1-2H3,(H,51,52). The first-order chi connectivity index (χ1) is 25.2. The van der Waals surface area contributed by atoms with Gasteiger partial charge in [0.1, 0.15) is 0 Å². The monoisotopic (exact) mass is 687 g/mol. The molecule has 3 aliphatic rings. The molecule has 0 saturated heterocycles. The number of hydrogen-bond acceptors (Lipinski definition) is 9. The van der Waals surface area contributed by atoms with Crippen LogP contribution in [0.3, 0.4) is 0 Å². The average molecular weight is 688 g/mol. The molecule has 0 aliphatic carbocycles. The number of carboxylic acids is 1. The van der Waals surface area contributed by atoms with Crippen molar-refractivity contribution in [2.24, 2.45) is 11.8 Å². The third kappa shape index (κ3) is 7.24. The predicted octanol–water partition coefficient (Wildman–Crippen LogP) is 7.07. The van der Waals surface area contributed by atoms with Gasteiger partial charge in [-0.2, -0.15) is 0 Å². The minimum Gasteiger partial charge on any atom is -0.478 e. The van der Waals surface area contributed by atoms with Crippen LogP contribution in [0, 0.1) is 11.8 Å². The van der Waals surface area contributed by atoms with Gasteiger partial charge in [0.25, 0.3) is 0 Å². The Morgan fingerprint density at radius 1 is 0.538 bits per heavy atom. The molecule has 3 aliphatic heterocycles. The fourth-order valence-electron chi connectivity index (χ4n) is 7.07. The minimum absolute atomic E-state index is 0.00552. The number of Topliss-reactive ketones (excluding diaryl/α,β-unsaturated/α-hetero) is 1. The zero-order valence-electron chi connectivity index (χ0n) is 29.0. The second-order valence-corrected chi connectivity index (χ2v) is 14.0. The summed E-state index contributed by atoms with van der Waals surface area (Å²) in [7, 11) is 0. The predicted molar refractivity (Wildman–Crippen MR) is 196 cm³/mol. The van der Waals surface area contributed by atoms with Crippen molar-refractivity contribution in [3.63, 3.8) is 0 Å². The Labute approximate surface area is 301 Å². The van der Waals surface area contributed by atoms with Crippen LogP contribution in [0.15, 0.2) is 97.1 Å². The van der Waals surface area contributed by atoms with E-state index < -0.39 is 5.97 Å². The van der Waals surface area contributed by atoms with E-state index in [1.54, 1.807) is 18.2 Å². The van der Waals surface area contributed by atoms with E-state index in [1.807, 2.05) is 92.7 Å². The fourth-order valence-corrected chi connectivity index (χ4v) is 7.07. The highest BCUT2D eigenvalue weighted by atomic mass is 16.4. The second kappa shape index (κ2) is 14.0. The van der Waals surface area contributed by atoms with Crippen molar-refractivity contribution in [3.8, 4) is 34.2 Å². The summed E-state index contributed by atoms with van der Waals surface area (Å²) in [6.07, 6.45) is 1.76. The third-order valence-electron chi connectivity index (χ3n) is 9.48. The molecule has 0 atom stereocenters. The first-order valence-corrected chi connectivity index (χ1v) is 17.6. The quantitative estimate of drug-likeness (QED) is 0.193. The highest BCUT2D eigenvalue weighted by Crippen LogP contribution is 2.28. The molecule has 0 amide bonds. The third-order valence-corrected chi connectivity index (χ3v) is 9.48. The molecular formula is C42H37N7O3. The Balaban J connectivity index is 1.39. The molecule has 10 heteroatoms. The van der Waals surface area contributed by atoms with Gasteiger partial charge < -0.3 is 5.11 Å². The van der Waals surface area contributed by atoms with Crippen molar-refractivity contribution in [3.05, 3.63) is 142 Å². The summed E-state index contributed by atoms with van der Waals surface area (Å²) in [5, 5.41) is 10.2. The van der Waals surface area contributed by atoms with Crippen LogP contribution >= 0.6 is 0 Å². The van der Waals surface area contributed by atoms with Gasteiger partial charge in [0.15, 0.2) is 5.78 Å². The SMILES string of the molecule is CC(C)C(=O)c1cc2nc(c1)-c1cc(C(=O)O)cc(n1)C[N@]1Cc3cccc(n3)-c3cccc(n3)C[C@@H](Cc3cccc(n3)-c3cccc(n3)C1)C2. The fraction of sp³-hybridized carbons (Fsp3) is 0.238. The highest BCUT2D eigenvalue weighted by molar-refractivity contribution is 5.98. The van der Waals surface area contributed by atoms with Gasteiger partial charge in [-0.25, -0.2) is 19.7 Å². The van der Waals surface area contributed by atoms with Crippen molar-refractivity contribution >= 4 is 11.8 Å². The molecular weight excluding hydrogens is 651 g/mol. The zero-order chi connectivity index (χ0) is 35.8. The number of carboxylic acid groups (broad SMARTS) is 1. The molecule has 10 nitrogen and oxygen atoms in total. The molecule has 9 rings (SSSR count). The van der Waals surface area contributed by atoms with Gasteiger partial charge in [0, 0.05) is 48.2 Å². The molecule has 14 bridgehead atoms. The van der Waals surface area contributed by atoms with E-state index in [0.29, 0.717) is 61.5 Å². The Bertz CT molecular complexity index is 2240. The van der Waals surface area contributed by atoms with E-state index in [1.165, 1.54) is 0 Å². The average Bonchev–Trinajstić information content (AvgIpc) is 3.14. The number of aromatic carboxylic acids is 1. The maximum absolute atomic E-state index is 13.5. The zero-order valence-corrected chi connectivity index (χ0v) is 29.0. The van der Waals surface area contributed by atoms with Crippen molar-refractivity contribution in [2.45, 2.75) is 52.7 Å².